The van der Waals surface area contributed by atoms with E-state index in [0.717, 1.165) is 17.8 Å². The Labute approximate surface area is 127 Å². The van der Waals surface area contributed by atoms with Gasteiger partial charge in [0.1, 0.15) is 0 Å². The molecule has 3 aliphatic carbocycles. The molecule has 0 nitrogen and oxygen atoms in total. The van der Waals surface area contributed by atoms with Crippen LogP contribution in [0.4, 0.5) is 0 Å². The predicted octanol–water partition coefficient (Wildman–Crippen LogP) is 6.45. The van der Waals surface area contributed by atoms with Gasteiger partial charge in [-0.3, -0.25) is 0 Å². The summed E-state index contributed by atoms with van der Waals surface area (Å²) in [4.78, 5) is 0. The van der Waals surface area contributed by atoms with Crippen molar-refractivity contribution >= 4 is 0 Å². The summed E-state index contributed by atoms with van der Waals surface area (Å²) < 4.78 is 0. The third-order valence-electron chi connectivity index (χ3n) is 8.19. The van der Waals surface area contributed by atoms with Crippen molar-refractivity contribution in [2.75, 3.05) is 0 Å². The van der Waals surface area contributed by atoms with Crippen molar-refractivity contribution < 1.29 is 0 Å². The quantitative estimate of drug-likeness (QED) is 0.516. The normalized spacial score (nSPS) is 51.1. The molecular formula is C20H36. The highest BCUT2D eigenvalue weighted by atomic mass is 14.6. The van der Waals surface area contributed by atoms with Crippen molar-refractivity contribution in [2.45, 2.75) is 92.4 Å². The first-order chi connectivity index (χ1) is 9.31. The van der Waals surface area contributed by atoms with E-state index in [2.05, 4.69) is 34.6 Å². The summed E-state index contributed by atoms with van der Waals surface area (Å²) in [5.41, 5.74) is 1.93. The van der Waals surface area contributed by atoms with Crippen LogP contribution in [-0.2, 0) is 0 Å². The molecule has 5 atom stereocenters. The van der Waals surface area contributed by atoms with E-state index in [1.807, 2.05) is 0 Å². The Bertz CT molecular complexity index is 368. The third kappa shape index (κ3) is 2.17. The predicted molar refractivity (Wildman–Crippen MR) is 87.7 cm³/mol. The summed E-state index contributed by atoms with van der Waals surface area (Å²) in [5, 5.41) is 0. The van der Waals surface area contributed by atoms with E-state index in [0.29, 0.717) is 16.2 Å². The van der Waals surface area contributed by atoms with Crippen LogP contribution >= 0.6 is 0 Å². The first kappa shape index (κ1) is 14.9. The van der Waals surface area contributed by atoms with Crippen LogP contribution in [0.1, 0.15) is 92.4 Å². The average Bonchev–Trinajstić information content (AvgIpc) is 2.37. The molecule has 0 saturated heterocycles. The van der Waals surface area contributed by atoms with Gasteiger partial charge < -0.3 is 0 Å². The Morgan fingerprint density at radius 2 is 1.65 bits per heavy atom. The molecule has 0 aliphatic heterocycles. The van der Waals surface area contributed by atoms with Crippen LogP contribution in [0.15, 0.2) is 0 Å². The molecule has 20 heavy (non-hydrogen) atoms. The number of hydrogen-bond donors (Lipinski definition) is 0. The molecule has 0 aromatic heterocycles. The van der Waals surface area contributed by atoms with Crippen molar-refractivity contribution in [1.82, 2.24) is 0 Å². The van der Waals surface area contributed by atoms with E-state index in [1.54, 1.807) is 0 Å². The van der Waals surface area contributed by atoms with Crippen LogP contribution in [-0.4, -0.2) is 0 Å². The largest absolute Gasteiger partial charge is 0.0649 e. The molecule has 0 aromatic carbocycles. The third-order valence-corrected chi connectivity index (χ3v) is 8.19. The van der Waals surface area contributed by atoms with Crippen molar-refractivity contribution in [1.29, 1.82) is 0 Å². The first-order valence-electron chi connectivity index (χ1n) is 9.31. The van der Waals surface area contributed by atoms with Crippen molar-refractivity contribution in [2.24, 2.45) is 34.0 Å². The fourth-order valence-corrected chi connectivity index (χ4v) is 6.82. The Morgan fingerprint density at radius 3 is 2.35 bits per heavy atom. The van der Waals surface area contributed by atoms with Crippen molar-refractivity contribution in [3.63, 3.8) is 0 Å². The van der Waals surface area contributed by atoms with E-state index < -0.39 is 0 Å². The topological polar surface area (TPSA) is 0 Å². The molecule has 0 radical (unpaired) electrons. The number of rotatable bonds is 1. The van der Waals surface area contributed by atoms with Gasteiger partial charge in [-0.25, -0.2) is 0 Å². The maximum absolute atomic E-state index is 2.68. The van der Waals surface area contributed by atoms with Gasteiger partial charge in [0.15, 0.2) is 0 Å². The van der Waals surface area contributed by atoms with Crippen LogP contribution in [0.2, 0.25) is 0 Å². The second-order valence-electron chi connectivity index (χ2n) is 9.75. The van der Waals surface area contributed by atoms with Crippen molar-refractivity contribution in [3.05, 3.63) is 0 Å². The van der Waals surface area contributed by atoms with Crippen LogP contribution < -0.4 is 0 Å². The number of hydrogen-bond acceptors (Lipinski definition) is 0. The summed E-state index contributed by atoms with van der Waals surface area (Å²) in [5.74, 6) is 3.08. The lowest BCUT2D eigenvalue weighted by Gasteiger charge is -2.62. The maximum atomic E-state index is 2.68. The molecule has 0 amide bonds. The lowest BCUT2D eigenvalue weighted by molar-refractivity contribution is -0.124. The minimum Gasteiger partial charge on any atom is -0.0649 e. The van der Waals surface area contributed by atoms with E-state index in [4.69, 9.17) is 0 Å². The molecular weight excluding hydrogens is 240 g/mol. The molecule has 0 aromatic rings. The Balaban J connectivity index is 1.85. The summed E-state index contributed by atoms with van der Waals surface area (Å²) >= 11 is 0. The average molecular weight is 277 g/mol. The van der Waals surface area contributed by atoms with E-state index in [9.17, 15) is 0 Å². The van der Waals surface area contributed by atoms with Gasteiger partial charge in [-0.2, -0.15) is 0 Å². The zero-order chi connectivity index (χ0) is 14.6. The standard InChI is InChI=1S/C20H36/c1-6-19(4)13-10-16-15(14-19)8-9-17-18(2,3)11-7-12-20(16,17)5/h15-17H,6-14H2,1-5H3/t15-,16-,17-,19-,20+/m0/s1. The van der Waals surface area contributed by atoms with E-state index >= 15 is 0 Å². The summed E-state index contributed by atoms with van der Waals surface area (Å²) in [6, 6.07) is 0. The molecule has 3 fully saturated rings. The maximum Gasteiger partial charge on any atom is -0.0261 e. The fraction of sp³-hybridized carbons (Fsp3) is 1.00. The Kier molecular flexibility index (Phi) is 3.54. The lowest BCUT2D eigenvalue weighted by atomic mass is 9.43. The second kappa shape index (κ2) is 4.75. The van der Waals surface area contributed by atoms with Gasteiger partial charge in [0.05, 0.1) is 0 Å². The van der Waals surface area contributed by atoms with Gasteiger partial charge in [0.25, 0.3) is 0 Å². The Morgan fingerprint density at radius 1 is 0.900 bits per heavy atom. The summed E-state index contributed by atoms with van der Waals surface area (Å²) in [7, 11) is 0. The lowest BCUT2D eigenvalue weighted by Crippen LogP contribution is -2.53. The van der Waals surface area contributed by atoms with E-state index in [-0.39, 0.29) is 0 Å². The highest BCUT2D eigenvalue weighted by Gasteiger charge is 2.56. The zero-order valence-electron chi connectivity index (χ0n) is 14.6. The highest BCUT2D eigenvalue weighted by molar-refractivity contribution is 5.05. The summed E-state index contributed by atoms with van der Waals surface area (Å²) in [6.45, 7) is 12.8. The fourth-order valence-electron chi connectivity index (χ4n) is 6.82. The monoisotopic (exact) mass is 276 g/mol. The molecule has 0 heteroatoms. The molecule has 0 unspecified atom stereocenters. The molecule has 3 aliphatic rings. The van der Waals surface area contributed by atoms with Gasteiger partial charge in [-0.15, -0.1) is 0 Å². The smallest absolute Gasteiger partial charge is 0.0261 e. The van der Waals surface area contributed by atoms with Gasteiger partial charge in [0, 0.05) is 0 Å². The highest BCUT2D eigenvalue weighted by Crippen LogP contribution is 2.65. The van der Waals surface area contributed by atoms with Gasteiger partial charge in [0.2, 0.25) is 0 Å². The number of fused-ring (bicyclic) bond motifs is 3. The van der Waals surface area contributed by atoms with Crippen LogP contribution in [0.25, 0.3) is 0 Å². The van der Waals surface area contributed by atoms with Crippen LogP contribution in [0.3, 0.4) is 0 Å². The zero-order valence-corrected chi connectivity index (χ0v) is 14.6. The van der Waals surface area contributed by atoms with E-state index in [1.165, 1.54) is 57.8 Å². The Hall–Kier alpha value is 0. The molecule has 0 heterocycles. The molecule has 3 saturated carbocycles. The van der Waals surface area contributed by atoms with Crippen LogP contribution in [0, 0.1) is 34.0 Å². The van der Waals surface area contributed by atoms with Crippen LogP contribution in [0.5, 0.6) is 0 Å². The molecule has 0 N–H and O–H groups in total. The molecule has 0 spiro atoms. The van der Waals surface area contributed by atoms with Gasteiger partial charge in [-0.05, 0) is 78.9 Å². The molecule has 0 bridgehead atoms. The van der Waals surface area contributed by atoms with Gasteiger partial charge in [-0.1, -0.05) is 47.5 Å². The first-order valence-corrected chi connectivity index (χ1v) is 9.31. The SMILES string of the molecule is CC[C@@]1(C)CC[C@H]2[C@@H](CC[C@H]3C(C)(C)CCC[C@]23C)C1. The minimum atomic E-state index is 0.601. The second-order valence-corrected chi connectivity index (χ2v) is 9.75. The molecule has 116 valence electrons. The summed E-state index contributed by atoms with van der Waals surface area (Å²) in [6.07, 6.45) is 13.5. The van der Waals surface area contributed by atoms with Gasteiger partial charge >= 0.3 is 0 Å². The minimum absolute atomic E-state index is 0.601. The van der Waals surface area contributed by atoms with Crippen molar-refractivity contribution in [3.8, 4) is 0 Å². The molecule has 3 rings (SSSR count).